The summed E-state index contributed by atoms with van der Waals surface area (Å²) in [4.78, 5) is 7.12. The number of nitrogens with zero attached hydrogens (tertiary/aromatic N) is 2. The second-order valence-corrected chi connectivity index (χ2v) is 8.42. The lowest BCUT2D eigenvalue weighted by atomic mass is 9.92. The van der Waals surface area contributed by atoms with Gasteiger partial charge in [0.15, 0.2) is 5.96 Å². The van der Waals surface area contributed by atoms with Gasteiger partial charge in [-0.3, -0.25) is 4.99 Å². The van der Waals surface area contributed by atoms with Gasteiger partial charge in [0.25, 0.3) is 0 Å². The number of nitrogens with one attached hydrogen (secondary N) is 2. The van der Waals surface area contributed by atoms with Crippen LogP contribution in [0.2, 0.25) is 5.02 Å². The van der Waals surface area contributed by atoms with Gasteiger partial charge in [-0.1, -0.05) is 43.0 Å². The van der Waals surface area contributed by atoms with Gasteiger partial charge in [-0.2, -0.15) is 0 Å². The molecule has 1 aliphatic heterocycles. The number of hydrogen-bond donors (Lipinski definition) is 2. The van der Waals surface area contributed by atoms with Crippen LogP contribution >= 0.6 is 11.6 Å². The van der Waals surface area contributed by atoms with Gasteiger partial charge < -0.3 is 20.3 Å². The molecule has 1 saturated heterocycles. The van der Waals surface area contributed by atoms with E-state index < -0.39 is 0 Å². The average molecular weight is 407 g/mol. The summed E-state index contributed by atoms with van der Waals surface area (Å²) >= 11 is 6.12. The van der Waals surface area contributed by atoms with Crippen molar-refractivity contribution >= 4 is 17.6 Å². The van der Waals surface area contributed by atoms with Crippen LogP contribution in [0.4, 0.5) is 0 Å². The zero-order valence-electron chi connectivity index (χ0n) is 17.3. The number of halogens is 1. The fraction of sp³-hybridized carbons (Fsp3) is 0.682. The summed E-state index contributed by atoms with van der Waals surface area (Å²) in [5, 5.41) is 7.75. The van der Waals surface area contributed by atoms with Crippen molar-refractivity contribution < 1.29 is 4.74 Å². The third-order valence-corrected chi connectivity index (χ3v) is 6.38. The molecule has 1 heterocycles. The first kappa shape index (κ1) is 21.4. The van der Waals surface area contributed by atoms with E-state index in [4.69, 9.17) is 16.3 Å². The minimum Gasteiger partial charge on any atom is -0.375 e. The van der Waals surface area contributed by atoms with Crippen LogP contribution < -0.4 is 10.6 Å². The first-order chi connectivity index (χ1) is 13.7. The summed E-state index contributed by atoms with van der Waals surface area (Å²) in [6.07, 6.45) is 9.32. The minimum atomic E-state index is -0.0644. The maximum Gasteiger partial charge on any atom is 0.191 e. The van der Waals surface area contributed by atoms with E-state index in [0.717, 1.165) is 22.6 Å². The molecule has 1 saturated carbocycles. The normalized spacial score (nSPS) is 21.5. The van der Waals surface area contributed by atoms with Crippen LogP contribution in [0.15, 0.2) is 29.3 Å². The van der Waals surface area contributed by atoms with E-state index in [1.165, 1.54) is 58.0 Å². The van der Waals surface area contributed by atoms with Crippen molar-refractivity contribution in [2.24, 2.45) is 4.99 Å². The van der Waals surface area contributed by atoms with E-state index in [9.17, 15) is 0 Å². The molecule has 2 fully saturated rings. The number of piperidine rings is 1. The Kier molecular flexibility index (Phi) is 8.44. The predicted molar refractivity (Wildman–Crippen MR) is 117 cm³/mol. The molecule has 28 heavy (non-hydrogen) atoms. The number of ether oxygens (including phenoxy) is 1. The largest absolute Gasteiger partial charge is 0.375 e. The molecule has 2 aliphatic rings. The van der Waals surface area contributed by atoms with Gasteiger partial charge >= 0.3 is 0 Å². The summed E-state index contributed by atoms with van der Waals surface area (Å²) < 4.78 is 5.65. The molecule has 2 N–H and O–H groups in total. The SMILES string of the molecule is CN=C(NCC(OC)c1cccc(Cl)c1)NC1CCN(C2CCCCC2)CC1. The number of guanidine groups is 1. The number of hydrogen-bond acceptors (Lipinski definition) is 3. The van der Waals surface area contributed by atoms with Crippen molar-refractivity contribution in [2.45, 2.75) is 63.1 Å². The molecule has 0 aromatic heterocycles. The van der Waals surface area contributed by atoms with E-state index in [1.54, 1.807) is 7.11 Å². The Morgan fingerprint density at radius 2 is 1.96 bits per heavy atom. The fourth-order valence-corrected chi connectivity index (χ4v) is 4.68. The molecule has 0 amide bonds. The van der Waals surface area contributed by atoms with Crippen molar-refractivity contribution in [1.82, 2.24) is 15.5 Å². The van der Waals surface area contributed by atoms with Crippen LogP contribution in [0.1, 0.15) is 56.6 Å². The monoisotopic (exact) mass is 406 g/mol. The van der Waals surface area contributed by atoms with Crippen molar-refractivity contribution in [2.75, 3.05) is 33.8 Å². The van der Waals surface area contributed by atoms with Gasteiger partial charge in [0.1, 0.15) is 0 Å². The lowest BCUT2D eigenvalue weighted by Gasteiger charge is -2.39. The highest BCUT2D eigenvalue weighted by Crippen LogP contribution is 2.25. The maximum absolute atomic E-state index is 6.12. The number of aliphatic imine (C=N–C) groups is 1. The lowest BCUT2D eigenvalue weighted by molar-refractivity contribution is 0.106. The minimum absolute atomic E-state index is 0.0644. The van der Waals surface area contributed by atoms with Crippen molar-refractivity contribution in [3.63, 3.8) is 0 Å². The van der Waals surface area contributed by atoms with E-state index in [0.29, 0.717) is 12.6 Å². The lowest BCUT2D eigenvalue weighted by Crippen LogP contribution is -2.51. The van der Waals surface area contributed by atoms with E-state index in [1.807, 2.05) is 31.3 Å². The molecule has 5 nitrogen and oxygen atoms in total. The second-order valence-electron chi connectivity index (χ2n) is 7.98. The highest BCUT2D eigenvalue weighted by Gasteiger charge is 2.26. The summed E-state index contributed by atoms with van der Waals surface area (Å²) in [6, 6.07) is 9.14. The average Bonchev–Trinajstić information content (AvgIpc) is 2.74. The van der Waals surface area contributed by atoms with Crippen LogP contribution in [0.25, 0.3) is 0 Å². The first-order valence-corrected chi connectivity index (χ1v) is 11.1. The second kappa shape index (κ2) is 11.0. The molecule has 3 rings (SSSR count). The molecule has 0 spiro atoms. The summed E-state index contributed by atoms with van der Waals surface area (Å²) in [6.45, 7) is 3.04. The Morgan fingerprint density at radius 1 is 1.21 bits per heavy atom. The van der Waals surface area contributed by atoms with Crippen LogP contribution in [0, 0.1) is 0 Å². The Hall–Kier alpha value is -1.30. The van der Waals surface area contributed by atoms with Crippen molar-refractivity contribution in [3.8, 4) is 0 Å². The quantitative estimate of drug-likeness (QED) is 0.554. The van der Waals surface area contributed by atoms with E-state index in [2.05, 4.69) is 20.5 Å². The van der Waals surface area contributed by atoms with Crippen LogP contribution in [-0.2, 0) is 4.74 Å². The molecule has 1 atom stereocenters. The Bertz CT molecular complexity index is 625. The molecule has 0 bridgehead atoms. The number of benzene rings is 1. The molecule has 1 aliphatic carbocycles. The molecule has 6 heteroatoms. The first-order valence-electron chi connectivity index (χ1n) is 10.7. The summed E-state index contributed by atoms with van der Waals surface area (Å²) in [5.74, 6) is 0.847. The van der Waals surface area contributed by atoms with Gasteiger partial charge in [0, 0.05) is 50.9 Å². The number of methoxy groups -OCH3 is 1. The van der Waals surface area contributed by atoms with Gasteiger partial charge in [-0.25, -0.2) is 0 Å². The zero-order chi connectivity index (χ0) is 19.8. The fourth-order valence-electron chi connectivity index (χ4n) is 4.48. The van der Waals surface area contributed by atoms with Crippen LogP contribution in [-0.4, -0.2) is 56.7 Å². The van der Waals surface area contributed by atoms with E-state index in [-0.39, 0.29) is 6.10 Å². The molecular formula is C22H35ClN4O. The highest BCUT2D eigenvalue weighted by molar-refractivity contribution is 6.30. The smallest absolute Gasteiger partial charge is 0.191 e. The molecule has 1 aromatic carbocycles. The molecule has 1 aromatic rings. The Labute approximate surface area is 174 Å². The van der Waals surface area contributed by atoms with Crippen molar-refractivity contribution in [3.05, 3.63) is 34.9 Å². The van der Waals surface area contributed by atoms with Gasteiger partial charge in [-0.15, -0.1) is 0 Å². The predicted octanol–water partition coefficient (Wildman–Crippen LogP) is 3.99. The molecule has 0 radical (unpaired) electrons. The van der Waals surface area contributed by atoms with Crippen LogP contribution in [0.3, 0.4) is 0 Å². The standard InChI is InChI=1S/C22H35ClN4O/c1-24-22(25-16-21(28-2)17-7-6-8-18(23)15-17)26-19-11-13-27(14-12-19)20-9-4-3-5-10-20/h6-8,15,19-21H,3-5,9-14,16H2,1-2H3,(H2,24,25,26). The van der Waals surface area contributed by atoms with E-state index >= 15 is 0 Å². The Balaban J connectivity index is 1.44. The molecular weight excluding hydrogens is 372 g/mol. The van der Waals surface area contributed by atoms with Gasteiger partial charge in [-0.05, 0) is 43.4 Å². The molecule has 1 unspecified atom stereocenters. The Morgan fingerprint density at radius 3 is 2.61 bits per heavy atom. The summed E-state index contributed by atoms with van der Waals surface area (Å²) in [5.41, 5.74) is 1.07. The van der Waals surface area contributed by atoms with Gasteiger partial charge in [0.05, 0.1) is 6.10 Å². The third-order valence-electron chi connectivity index (χ3n) is 6.14. The number of likely N-dealkylation sites (tertiary alicyclic amines) is 1. The maximum atomic E-state index is 6.12. The van der Waals surface area contributed by atoms with Crippen LogP contribution in [0.5, 0.6) is 0 Å². The molecule has 156 valence electrons. The summed E-state index contributed by atoms with van der Waals surface area (Å²) in [7, 11) is 3.55. The van der Waals surface area contributed by atoms with Gasteiger partial charge in [0.2, 0.25) is 0 Å². The number of rotatable bonds is 6. The third kappa shape index (κ3) is 6.10. The topological polar surface area (TPSA) is 48.9 Å². The highest BCUT2D eigenvalue weighted by atomic mass is 35.5. The zero-order valence-corrected chi connectivity index (χ0v) is 18.0. The van der Waals surface area contributed by atoms with Crippen molar-refractivity contribution in [1.29, 1.82) is 0 Å².